The van der Waals surface area contributed by atoms with Crippen molar-refractivity contribution in [1.82, 2.24) is 9.80 Å². The number of nitrogens with zero attached hydrogens (tertiary/aromatic N) is 2. The van der Waals surface area contributed by atoms with Crippen LogP contribution in [-0.2, 0) is 5.60 Å². The highest BCUT2D eigenvalue weighted by atomic mass is 16.3. The summed E-state index contributed by atoms with van der Waals surface area (Å²) < 4.78 is 0. The molecule has 4 nitrogen and oxygen atoms in total. The zero-order valence-corrected chi connectivity index (χ0v) is 13.3. The van der Waals surface area contributed by atoms with Gasteiger partial charge in [-0.1, -0.05) is 44.2 Å². The number of rotatable bonds is 7. The van der Waals surface area contributed by atoms with E-state index in [9.17, 15) is 5.11 Å². The standard InChI is InChI=1S/C17H29N3O/c1-3-20(4-2)16-10-11-19(12-16)14-17(21,13-18)15-8-6-5-7-9-15/h5-9,16,21H,3-4,10-14,18H2,1-2H3. The molecule has 118 valence electrons. The molecule has 0 radical (unpaired) electrons. The third-order valence-electron chi connectivity index (χ3n) is 4.71. The monoisotopic (exact) mass is 291 g/mol. The van der Waals surface area contributed by atoms with E-state index in [1.54, 1.807) is 0 Å². The van der Waals surface area contributed by atoms with Crippen LogP contribution >= 0.6 is 0 Å². The molecule has 3 N–H and O–H groups in total. The SMILES string of the molecule is CCN(CC)C1CCN(CC(O)(CN)c2ccccc2)C1. The largest absolute Gasteiger partial charge is 0.382 e. The zero-order chi connectivity index (χ0) is 15.3. The molecule has 2 atom stereocenters. The first-order chi connectivity index (χ1) is 10.1. The van der Waals surface area contributed by atoms with E-state index >= 15 is 0 Å². The highest BCUT2D eigenvalue weighted by Crippen LogP contribution is 2.24. The van der Waals surface area contributed by atoms with E-state index in [4.69, 9.17) is 5.73 Å². The lowest BCUT2D eigenvalue weighted by Crippen LogP contribution is -2.46. The first-order valence-electron chi connectivity index (χ1n) is 8.07. The summed E-state index contributed by atoms with van der Waals surface area (Å²) in [5.41, 5.74) is 5.85. The maximum absolute atomic E-state index is 10.9. The van der Waals surface area contributed by atoms with E-state index in [0.29, 0.717) is 12.6 Å². The Hall–Kier alpha value is -0.940. The predicted octanol–water partition coefficient (Wildman–Crippen LogP) is 1.25. The van der Waals surface area contributed by atoms with Crippen molar-refractivity contribution in [3.63, 3.8) is 0 Å². The Balaban J connectivity index is 2.00. The molecular formula is C17H29N3O. The van der Waals surface area contributed by atoms with Crippen LogP contribution in [0.5, 0.6) is 0 Å². The summed E-state index contributed by atoms with van der Waals surface area (Å²) in [6.07, 6.45) is 1.18. The minimum Gasteiger partial charge on any atom is -0.382 e. The lowest BCUT2D eigenvalue weighted by atomic mass is 9.93. The van der Waals surface area contributed by atoms with E-state index in [0.717, 1.165) is 31.7 Å². The molecule has 1 aromatic carbocycles. The fraction of sp³-hybridized carbons (Fsp3) is 0.647. The molecule has 0 aliphatic carbocycles. The average molecular weight is 291 g/mol. The van der Waals surface area contributed by atoms with Crippen LogP contribution in [0.2, 0.25) is 0 Å². The molecule has 0 bridgehead atoms. The molecule has 1 saturated heterocycles. The zero-order valence-electron chi connectivity index (χ0n) is 13.3. The summed E-state index contributed by atoms with van der Waals surface area (Å²) in [5, 5.41) is 10.9. The molecule has 4 heteroatoms. The molecule has 0 aromatic heterocycles. The van der Waals surface area contributed by atoms with Crippen LogP contribution in [0.25, 0.3) is 0 Å². The molecular weight excluding hydrogens is 262 g/mol. The maximum Gasteiger partial charge on any atom is 0.114 e. The van der Waals surface area contributed by atoms with Gasteiger partial charge in [-0.05, 0) is 31.6 Å². The summed E-state index contributed by atoms with van der Waals surface area (Å²) in [5.74, 6) is 0. The van der Waals surface area contributed by atoms with Gasteiger partial charge < -0.3 is 10.8 Å². The fourth-order valence-corrected chi connectivity index (χ4v) is 3.39. The lowest BCUT2D eigenvalue weighted by Gasteiger charge is -2.32. The van der Waals surface area contributed by atoms with Gasteiger partial charge in [-0.15, -0.1) is 0 Å². The van der Waals surface area contributed by atoms with Gasteiger partial charge in [0, 0.05) is 25.7 Å². The van der Waals surface area contributed by atoms with E-state index in [1.165, 1.54) is 6.42 Å². The molecule has 21 heavy (non-hydrogen) atoms. The van der Waals surface area contributed by atoms with Gasteiger partial charge in [0.15, 0.2) is 0 Å². The molecule has 1 aliphatic rings. The van der Waals surface area contributed by atoms with Crippen LogP contribution in [0.1, 0.15) is 25.8 Å². The van der Waals surface area contributed by atoms with Gasteiger partial charge in [0.25, 0.3) is 0 Å². The van der Waals surface area contributed by atoms with Gasteiger partial charge in [-0.2, -0.15) is 0 Å². The number of hydrogen-bond acceptors (Lipinski definition) is 4. The van der Waals surface area contributed by atoms with Crippen LogP contribution in [0.15, 0.2) is 30.3 Å². The Morgan fingerprint density at radius 1 is 1.29 bits per heavy atom. The van der Waals surface area contributed by atoms with E-state index in [1.807, 2.05) is 30.3 Å². The van der Waals surface area contributed by atoms with Gasteiger partial charge in [-0.25, -0.2) is 0 Å². The number of likely N-dealkylation sites (N-methyl/N-ethyl adjacent to an activating group) is 1. The quantitative estimate of drug-likeness (QED) is 0.794. The van der Waals surface area contributed by atoms with Gasteiger partial charge >= 0.3 is 0 Å². The Kier molecular flexibility index (Phi) is 5.76. The average Bonchev–Trinajstić information content (AvgIpc) is 2.97. The van der Waals surface area contributed by atoms with Crippen molar-refractivity contribution in [2.45, 2.75) is 31.9 Å². The van der Waals surface area contributed by atoms with Crippen molar-refractivity contribution in [3.8, 4) is 0 Å². The van der Waals surface area contributed by atoms with Crippen molar-refractivity contribution >= 4 is 0 Å². The molecule has 0 saturated carbocycles. The number of nitrogens with two attached hydrogens (primary N) is 1. The first kappa shape index (κ1) is 16.4. The normalized spacial score (nSPS) is 22.6. The van der Waals surface area contributed by atoms with Crippen LogP contribution < -0.4 is 5.73 Å². The van der Waals surface area contributed by atoms with E-state index in [2.05, 4.69) is 23.6 Å². The number of β-amino-alcohol motifs (C(OH)–C–C–N with tert-alkyl or cyclic N) is 1. The Labute approximate surface area is 128 Å². The van der Waals surface area contributed by atoms with Crippen LogP contribution in [0, 0.1) is 0 Å². The Morgan fingerprint density at radius 3 is 2.52 bits per heavy atom. The lowest BCUT2D eigenvalue weighted by molar-refractivity contribution is 0.0114. The second-order valence-corrected chi connectivity index (χ2v) is 6.00. The molecule has 2 unspecified atom stereocenters. The smallest absolute Gasteiger partial charge is 0.114 e. The molecule has 1 fully saturated rings. The summed E-state index contributed by atoms with van der Waals surface area (Å²) in [7, 11) is 0. The summed E-state index contributed by atoms with van der Waals surface area (Å²) in [6.45, 7) is 9.55. The van der Waals surface area contributed by atoms with Gasteiger partial charge in [0.1, 0.15) is 5.60 Å². The molecule has 0 amide bonds. The van der Waals surface area contributed by atoms with Crippen LogP contribution in [0.3, 0.4) is 0 Å². The number of hydrogen-bond donors (Lipinski definition) is 2. The van der Waals surface area contributed by atoms with Crippen molar-refractivity contribution in [1.29, 1.82) is 0 Å². The second kappa shape index (κ2) is 7.36. The molecule has 0 spiro atoms. The Morgan fingerprint density at radius 2 is 1.95 bits per heavy atom. The van der Waals surface area contributed by atoms with Gasteiger partial charge in [-0.3, -0.25) is 9.80 Å². The van der Waals surface area contributed by atoms with Crippen LogP contribution in [-0.4, -0.2) is 60.2 Å². The summed E-state index contributed by atoms with van der Waals surface area (Å²) >= 11 is 0. The number of benzene rings is 1. The Bertz CT molecular complexity index is 421. The third-order valence-corrected chi connectivity index (χ3v) is 4.71. The predicted molar refractivity (Wildman–Crippen MR) is 87.2 cm³/mol. The molecule has 1 aliphatic heterocycles. The van der Waals surface area contributed by atoms with Crippen molar-refractivity contribution in [2.24, 2.45) is 5.73 Å². The fourth-order valence-electron chi connectivity index (χ4n) is 3.39. The van der Waals surface area contributed by atoms with Crippen LogP contribution in [0.4, 0.5) is 0 Å². The second-order valence-electron chi connectivity index (χ2n) is 6.00. The molecule has 1 aromatic rings. The molecule has 2 rings (SSSR count). The van der Waals surface area contributed by atoms with Crippen molar-refractivity contribution in [2.75, 3.05) is 39.3 Å². The first-order valence-corrected chi connectivity index (χ1v) is 8.07. The highest BCUT2D eigenvalue weighted by Gasteiger charge is 2.34. The summed E-state index contributed by atoms with van der Waals surface area (Å²) in [4.78, 5) is 4.85. The third kappa shape index (κ3) is 3.83. The van der Waals surface area contributed by atoms with Gasteiger partial charge in [0.05, 0.1) is 0 Å². The highest BCUT2D eigenvalue weighted by molar-refractivity contribution is 5.23. The van der Waals surface area contributed by atoms with Gasteiger partial charge in [0.2, 0.25) is 0 Å². The van der Waals surface area contributed by atoms with Crippen molar-refractivity contribution < 1.29 is 5.11 Å². The minimum atomic E-state index is -0.945. The maximum atomic E-state index is 10.9. The topological polar surface area (TPSA) is 52.7 Å². The van der Waals surface area contributed by atoms with E-state index < -0.39 is 5.60 Å². The molecule has 1 heterocycles. The van der Waals surface area contributed by atoms with Crippen molar-refractivity contribution in [3.05, 3.63) is 35.9 Å². The number of likely N-dealkylation sites (tertiary alicyclic amines) is 1. The summed E-state index contributed by atoms with van der Waals surface area (Å²) in [6, 6.07) is 10.4. The van der Waals surface area contributed by atoms with E-state index in [-0.39, 0.29) is 6.54 Å². The minimum absolute atomic E-state index is 0.253. The number of aliphatic hydroxyl groups is 1.